The maximum Gasteiger partial charge on any atom is 0.0133 e. The fourth-order valence-electron chi connectivity index (χ4n) is 1.92. The Labute approximate surface area is 58.0 Å². The molecular weight excluding hydrogens is 110 g/mol. The highest BCUT2D eigenvalue weighted by atomic mass is 15.2. The van der Waals surface area contributed by atoms with Crippen LogP contribution in [0.1, 0.15) is 27.2 Å². The average Bonchev–Trinajstić information content (AvgIpc) is 1.89. The summed E-state index contributed by atoms with van der Waals surface area (Å²) in [5, 5.41) is 0. The Morgan fingerprint density at radius 2 is 1.89 bits per heavy atom. The second-order valence-corrected chi connectivity index (χ2v) is 3.24. The van der Waals surface area contributed by atoms with Crippen LogP contribution in [-0.4, -0.2) is 24.0 Å². The van der Waals surface area contributed by atoms with Crippen molar-refractivity contribution in [2.75, 3.05) is 7.05 Å². The minimum absolute atomic E-state index is 0.815. The van der Waals surface area contributed by atoms with Crippen LogP contribution in [0.2, 0.25) is 0 Å². The molecule has 0 aromatic heterocycles. The maximum absolute atomic E-state index is 2.46. The molecule has 1 rings (SSSR count). The summed E-state index contributed by atoms with van der Waals surface area (Å²) in [6.07, 6.45) is 1.31. The van der Waals surface area contributed by atoms with Crippen molar-refractivity contribution in [1.82, 2.24) is 4.90 Å². The Kier molecular flexibility index (Phi) is 1.80. The number of hydrogen-bond donors (Lipinski definition) is 0. The summed E-state index contributed by atoms with van der Waals surface area (Å²) in [6.45, 7) is 6.92. The number of nitrogens with zero attached hydrogens (tertiary/aromatic N) is 1. The minimum Gasteiger partial charge on any atom is -0.300 e. The van der Waals surface area contributed by atoms with E-state index in [9.17, 15) is 0 Å². The van der Waals surface area contributed by atoms with E-state index >= 15 is 0 Å². The third-order valence-corrected chi connectivity index (χ3v) is 2.95. The van der Waals surface area contributed by atoms with Gasteiger partial charge in [-0.1, -0.05) is 13.8 Å². The van der Waals surface area contributed by atoms with E-state index in [0.29, 0.717) is 0 Å². The van der Waals surface area contributed by atoms with E-state index in [1.54, 1.807) is 0 Å². The van der Waals surface area contributed by atoms with Gasteiger partial charge < -0.3 is 4.90 Å². The smallest absolute Gasteiger partial charge is 0.0133 e. The van der Waals surface area contributed by atoms with E-state index in [2.05, 4.69) is 32.7 Å². The monoisotopic (exact) mass is 127 g/mol. The van der Waals surface area contributed by atoms with Gasteiger partial charge in [0.1, 0.15) is 0 Å². The van der Waals surface area contributed by atoms with Crippen LogP contribution in [0.25, 0.3) is 0 Å². The second-order valence-electron chi connectivity index (χ2n) is 3.24. The van der Waals surface area contributed by atoms with Gasteiger partial charge in [-0.05, 0) is 26.3 Å². The van der Waals surface area contributed by atoms with Gasteiger partial charge in [-0.25, -0.2) is 0 Å². The summed E-state index contributed by atoms with van der Waals surface area (Å²) in [5.74, 6) is 0.917. The van der Waals surface area contributed by atoms with Crippen LogP contribution in [0.15, 0.2) is 0 Å². The summed E-state index contributed by atoms with van der Waals surface area (Å²) in [6, 6.07) is 1.68. The SMILES string of the molecule is CCC1C(C)C(C)N1C. The predicted molar refractivity (Wildman–Crippen MR) is 40.5 cm³/mol. The van der Waals surface area contributed by atoms with Gasteiger partial charge in [-0.2, -0.15) is 0 Å². The topological polar surface area (TPSA) is 3.24 Å². The van der Waals surface area contributed by atoms with Crippen LogP contribution in [0, 0.1) is 5.92 Å². The highest BCUT2D eigenvalue weighted by Gasteiger charge is 2.38. The van der Waals surface area contributed by atoms with Gasteiger partial charge in [0.15, 0.2) is 0 Å². The lowest BCUT2D eigenvalue weighted by Gasteiger charge is -2.50. The molecule has 1 heterocycles. The Balaban J connectivity index is 2.41. The van der Waals surface area contributed by atoms with Crippen molar-refractivity contribution in [1.29, 1.82) is 0 Å². The van der Waals surface area contributed by atoms with Gasteiger partial charge in [0.2, 0.25) is 0 Å². The van der Waals surface area contributed by atoms with E-state index in [0.717, 1.165) is 18.0 Å². The summed E-state index contributed by atoms with van der Waals surface area (Å²) >= 11 is 0. The molecule has 1 heteroatoms. The normalized spacial score (nSPS) is 44.7. The van der Waals surface area contributed by atoms with Gasteiger partial charge >= 0.3 is 0 Å². The minimum atomic E-state index is 0.815. The lowest BCUT2D eigenvalue weighted by atomic mass is 9.81. The van der Waals surface area contributed by atoms with Crippen molar-refractivity contribution in [3.05, 3.63) is 0 Å². The maximum atomic E-state index is 2.46. The lowest BCUT2D eigenvalue weighted by molar-refractivity contribution is -0.0150. The van der Waals surface area contributed by atoms with Crippen LogP contribution in [0.5, 0.6) is 0 Å². The van der Waals surface area contributed by atoms with E-state index in [1.165, 1.54) is 6.42 Å². The molecule has 1 aliphatic rings. The van der Waals surface area contributed by atoms with Crippen LogP contribution in [0.4, 0.5) is 0 Å². The third kappa shape index (κ3) is 0.877. The molecule has 0 bridgehead atoms. The van der Waals surface area contributed by atoms with Gasteiger partial charge in [0.05, 0.1) is 0 Å². The number of hydrogen-bond acceptors (Lipinski definition) is 1. The zero-order valence-electron chi connectivity index (χ0n) is 6.89. The zero-order chi connectivity index (χ0) is 7.02. The zero-order valence-corrected chi connectivity index (χ0v) is 6.89. The first-order valence-corrected chi connectivity index (χ1v) is 3.90. The molecule has 1 fully saturated rings. The molecule has 1 aliphatic heterocycles. The lowest BCUT2D eigenvalue weighted by Crippen LogP contribution is -2.58. The van der Waals surface area contributed by atoms with Crippen molar-refractivity contribution in [3.63, 3.8) is 0 Å². The molecule has 3 unspecified atom stereocenters. The highest BCUT2D eigenvalue weighted by molar-refractivity contribution is 4.92. The molecule has 0 aliphatic carbocycles. The fraction of sp³-hybridized carbons (Fsp3) is 1.00. The number of likely N-dealkylation sites (tertiary alicyclic amines) is 1. The molecule has 0 saturated carbocycles. The van der Waals surface area contributed by atoms with E-state index < -0.39 is 0 Å². The molecule has 54 valence electrons. The van der Waals surface area contributed by atoms with Crippen molar-refractivity contribution >= 4 is 0 Å². The standard InChI is InChI=1S/C8H17N/c1-5-8-6(2)7(3)9(8)4/h6-8H,5H2,1-4H3. The Bertz CT molecular complexity index is 90.7. The van der Waals surface area contributed by atoms with Crippen LogP contribution in [0.3, 0.4) is 0 Å². The molecular formula is C8H17N. The first-order chi connectivity index (χ1) is 4.18. The second kappa shape index (κ2) is 2.30. The van der Waals surface area contributed by atoms with Crippen LogP contribution in [-0.2, 0) is 0 Å². The van der Waals surface area contributed by atoms with E-state index in [4.69, 9.17) is 0 Å². The van der Waals surface area contributed by atoms with Crippen molar-refractivity contribution in [3.8, 4) is 0 Å². The molecule has 3 atom stereocenters. The van der Waals surface area contributed by atoms with E-state index in [-0.39, 0.29) is 0 Å². The first-order valence-electron chi connectivity index (χ1n) is 3.90. The summed E-state index contributed by atoms with van der Waals surface area (Å²) < 4.78 is 0. The van der Waals surface area contributed by atoms with Gasteiger partial charge in [0, 0.05) is 12.1 Å². The Hall–Kier alpha value is -0.0400. The molecule has 0 amide bonds. The molecule has 0 radical (unpaired) electrons. The van der Waals surface area contributed by atoms with Crippen LogP contribution >= 0.6 is 0 Å². The van der Waals surface area contributed by atoms with Crippen molar-refractivity contribution in [2.24, 2.45) is 5.92 Å². The Morgan fingerprint density at radius 3 is 2.11 bits per heavy atom. The number of rotatable bonds is 1. The van der Waals surface area contributed by atoms with Crippen molar-refractivity contribution < 1.29 is 0 Å². The highest BCUT2D eigenvalue weighted by Crippen LogP contribution is 2.31. The van der Waals surface area contributed by atoms with Gasteiger partial charge in [-0.3, -0.25) is 0 Å². The van der Waals surface area contributed by atoms with Crippen LogP contribution < -0.4 is 0 Å². The average molecular weight is 127 g/mol. The van der Waals surface area contributed by atoms with Gasteiger partial charge in [-0.15, -0.1) is 0 Å². The summed E-state index contributed by atoms with van der Waals surface area (Å²) in [7, 11) is 2.22. The molecule has 0 N–H and O–H groups in total. The summed E-state index contributed by atoms with van der Waals surface area (Å²) in [4.78, 5) is 2.46. The predicted octanol–water partition coefficient (Wildman–Crippen LogP) is 1.74. The van der Waals surface area contributed by atoms with E-state index in [1.807, 2.05) is 0 Å². The summed E-state index contributed by atoms with van der Waals surface area (Å²) in [5.41, 5.74) is 0. The quantitative estimate of drug-likeness (QED) is 0.518. The Morgan fingerprint density at radius 1 is 1.33 bits per heavy atom. The molecule has 1 nitrogen and oxygen atoms in total. The molecule has 9 heavy (non-hydrogen) atoms. The van der Waals surface area contributed by atoms with Crippen molar-refractivity contribution in [2.45, 2.75) is 39.3 Å². The molecule has 0 aromatic rings. The largest absolute Gasteiger partial charge is 0.300 e. The molecule has 1 saturated heterocycles. The molecule has 0 aromatic carbocycles. The van der Waals surface area contributed by atoms with Gasteiger partial charge in [0.25, 0.3) is 0 Å². The third-order valence-electron chi connectivity index (χ3n) is 2.95. The fourth-order valence-corrected chi connectivity index (χ4v) is 1.92. The molecule has 0 spiro atoms. The first kappa shape index (κ1) is 7.07.